The Morgan fingerprint density at radius 3 is 2.84 bits per heavy atom. The molecule has 2 heterocycles. The second kappa shape index (κ2) is 7.47. The second-order valence-electron chi connectivity index (χ2n) is 7.93. The molecule has 0 saturated heterocycles. The van der Waals surface area contributed by atoms with Gasteiger partial charge in [0.2, 0.25) is 5.91 Å². The summed E-state index contributed by atoms with van der Waals surface area (Å²) in [7, 11) is 0. The summed E-state index contributed by atoms with van der Waals surface area (Å²) in [5.74, 6) is -0.0571. The molecular weight excluding hydrogens is 390 g/mol. The number of anilines is 2. The summed E-state index contributed by atoms with van der Waals surface area (Å²) in [6.45, 7) is 4.19. The SMILES string of the molecule is CCc1cccc2c1[nH]c1cc(NC(=O)CN3CC(=O)Oc4cc(C)ccc43)ccc12. The number of aryl methyl sites for hydroxylation is 2. The molecule has 1 aliphatic rings. The van der Waals surface area contributed by atoms with Crippen LogP contribution in [0.5, 0.6) is 5.75 Å². The average molecular weight is 413 g/mol. The lowest BCUT2D eigenvalue weighted by atomic mass is 10.1. The van der Waals surface area contributed by atoms with Crippen LogP contribution in [0.25, 0.3) is 21.8 Å². The number of hydrogen-bond acceptors (Lipinski definition) is 4. The highest BCUT2D eigenvalue weighted by atomic mass is 16.5. The summed E-state index contributed by atoms with van der Waals surface area (Å²) in [6, 6.07) is 17.8. The molecule has 2 N–H and O–H groups in total. The number of benzene rings is 3. The zero-order valence-corrected chi connectivity index (χ0v) is 17.5. The van der Waals surface area contributed by atoms with Crippen LogP contribution in [0.15, 0.2) is 54.6 Å². The number of para-hydroxylation sites is 1. The maximum atomic E-state index is 12.8. The lowest BCUT2D eigenvalue weighted by Gasteiger charge is -2.29. The van der Waals surface area contributed by atoms with Gasteiger partial charge < -0.3 is 19.9 Å². The Kier molecular flexibility index (Phi) is 4.62. The first kappa shape index (κ1) is 19.2. The number of amides is 1. The van der Waals surface area contributed by atoms with Gasteiger partial charge in [0.05, 0.1) is 12.2 Å². The number of carbonyl (C=O) groups is 2. The monoisotopic (exact) mass is 413 g/mol. The van der Waals surface area contributed by atoms with Crippen molar-refractivity contribution in [1.29, 1.82) is 0 Å². The number of ether oxygens (including phenoxy) is 1. The topological polar surface area (TPSA) is 74.4 Å². The first-order valence-corrected chi connectivity index (χ1v) is 10.4. The van der Waals surface area contributed by atoms with Crippen molar-refractivity contribution >= 4 is 45.1 Å². The number of aromatic amines is 1. The molecule has 0 fully saturated rings. The molecule has 1 aliphatic heterocycles. The van der Waals surface area contributed by atoms with E-state index in [2.05, 4.69) is 35.4 Å². The molecule has 3 aromatic carbocycles. The van der Waals surface area contributed by atoms with Gasteiger partial charge in [0, 0.05) is 27.5 Å². The molecule has 5 rings (SSSR count). The maximum absolute atomic E-state index is 12.8. The van der Waals surface area contributed by atoms with Gasteiger partial charge in [-0.25, -0.2) is 4.79 Å². The molecular formula is C25H23N3O3. The van der Waals surface area contributed by atoms with Crippen molar-refractivity contribution in [1.82, 2.24) is 4.98 Å². The van der Waals surface area contributed by atoms with Crippen molar-refractivity contribution in [3.05, 3.63) is 65.7 Å². The van der Waals surface area contributed by atoms with E-state index in [4.69, 9.17) is 4.74 Å². The van der Waals surface area contributed by atoms with Crippen molar-refractivity contribution in [2.45, 2.75) is 20.3 Å². The molecule has 0 spiro atoms. The predicted octanol–water partition coefficient (Wildman–Crippen LogP) is 4.56. The average Bonchev–Trinajstić information content (AvgIpc) is 3.11. The third kappa shape index (κ3) is 3.50. The first-order chi connectivity index (χ1) is 15.0. The Hall–Kier alpha value is -3.80. The third-order valence-corrected chi connectivity index (χ3v) is 5.72. The van der Waals surface area contributed by atoms with E-state index in [9.17, 15) is 9.59 Å². The fourth-order valence-electron chi connectivity index (χ4n) is 4.24. The van der Waals surface area contributed by atoms with E-state index in [1.165, 1.54) is 10.9 Å². The third-order valence-electron chi connectivity index (χ3n) is 5.72. The minimum atomic E-state index is -0.364. The van der Waals surface area contributed by atoms with Gasteiger partial charge in [0.1, 0.15) is 6.54 Å². The van der Waals surface area contributed by atoms with E-state index in [1.54, 1.807) is 4.90 Å². The molecule has 0 bridgehead atoms. The lowest BCUT2D eigenvalue weighted by molar-refractivity contribution is -0.133. The van der Waals surface area contributed by atoms with Crippen LogP contribution in [-0.4, -0.2) is 29.9 Å². The zero-order chi connectivity index (χ0) is 21.5. The molecule has 0 aliphatic carbocycles. The summed E-state index contributed by atoms with van der Waals surface area (Å²) in [5, 5.41) is 5.28. The van der Waals surface area contributed by atoms with Gasteiger partial charge in [-0.1, -0.05) is 37.3 Å². The van der Waals surface area contributed by atoms with E-state index in [1.807, 2.05) is 43.3 Å². The molecule has 6 nitrogen and oxygen atoms in total. The van der Waals surface area contributed by atoms with Gasteiger partial charge in [-0.05, 0) is 48.7 Å². The van der Waals surface area contributed by atoms with Crippen LogP contribution >= 0.6 is 0 Å². The van der Waals surface area contributed by atoms with Gasteiger partial charge in [0.15, 0.2) is 5.75 Å². The molecule has 1 amide bonds. The standard InChI is InChI=1S/C25H23N3O3/c1-3-16-5-4-6-19-18-9-8-17(12-20(18)27-25(16)19)26-23(29)13-28-14-24(30)31-22-11-15(2)7-10-21(22)28/h4-12,27H,3,13-14H2,1-2H3,(H,26,29). The summed E-state index contributed by atoms with van der Waals surface area (Å²) in [6.07, 6.45) is 0.951. The van der Waals surface area contributed by atoms with Crippen LogP contribution in [0, 0.1) is 6.92 Å². The highest BCUT2D eigenvalue weighted by Crippen LogP contribution is 2.33. The van der Waals surface area contributed by atoms with Crippen LogP contribution in [0.1, 0.15) is 18.1 Å². The summed E-state index contributed by atoms with van der Waals surface area (Å²) < 4.78 is 5.32. The molecule has 1 aromatic heterocycles. The smallest absolute Gasteiger partial charge is 0.331 e. The van der Waals surface area contributed by atoms with Gasteiger partial charge in [-0.15, -0.1) is 0 Å². The number of hydrogen-bond donors (Lipinski definition) is 2. The number of fused-ring (bicyclic) bond motifs is 4. The molecule has 0 atom stereocenters. The fourth-order valence-corrected chi connectivity index (χ4v) is 4.24. The predicted molar refractivity (Wildman–Crippen MR) is 123 cm³/mol. The number of H-pyrrole nitrogens is 1. The Morgan fingerprint density at radius 1 is 1.13 bits per heavy atom. The highest BCUT2D eigenvalue weighted by Gasteiger charge is 2.25. The normalized spacial score (nSPS) is 13.4. The summed E-state index contributed by atoms with van der Waals surface area (Å²) >= 11 is 0. The molecule has 31 heavy (non-hydrogen) atoms. The number of esters is 1. The maximum Gasteiger partial charge on any atom is 0.331 e. The first-order valence-electron chi connectivity index (χ1n) is 10.4. The minimum Gasteiger partial charge on any atom is -0.423 e. The number of nitrogens with zero attached hydrogens (tertiary/aromatic N) is 1. The van der Waals surface area contributed by atoms with Crippen molar-refractivity contribution in [3.8, 4) is 5.75 Å². The van der Waals surface area contributed by atoms with E-state index < -0.39 is 0 Å². The van der Waals surface area contributed by atoms with E-state index in [0.29, 0.717) is 11.4 Å². The Bertz CT molecular complexity index is 1340. The quantitative estimate of drug-likeness (QED) is 0.380. The van der Waals surface area contributed by atoms with Crippen molar-refractivity contribution in [2.24, 2.45) is 0 Å². The van der Waals surface area contributed by atoms with E-state index in [0.717, 1.165) is 34.1 Å². The molecule has 4 aromatic rings. The van der Waals surface area contributed by atoms with Crippen molar-refractivity contribution < 1.29 is 14.3 Å². The van der Waals surface area contributed by atoms with Crippen molar-refractivity contribution in [3.63, 3.8) is 0 Å². The number of aromatic nitrogens is 1. The van der Waals surface area contributed by atoms with Gasteiger partial charge >= 0.3 is 5.97 Å². The summed E-state index contributed by atoms with van der Waals surface area (Å²) in [5.41, 5.74) is 5.85. The Balaban J connectivity index is 1.38. The van der Waals surface area contributed by atoms with E-state index in [-0.39, 0.29) is 25.0 Å². The Labute approximate surface area is 179 Å². The number of rotatable bonds is 4. The zero-order valence-electron chi connectivity index (χ0n) is 17.5. The van der Waals surface area contributed by atoms with Crippen LogP contribution in [0.2, 0.25) is 0 Å². The van der Waals surface area contributed by atoms with Crippen LogP contribution in [0.3, 0.4) is 0 Å². The highest BCUT2D eigenvalue weighted by molar-refractivity contribution is 6.09. The Morgan fingerprint density at radius 2 is 2.00 bits per heavy atom. The van der Waals surface area contributed by atoms with Gasteiger partial charge in [0.25, 0.3) is 0 Å². The minimum absolute atomic E-state index is 0.0460. The lowest BCUT2D eigenvalue weighted by Crippen LogP contribution is -2.41. The number of nitrogens with one attached hydrogen (secondary N) is 2. The molecule has 0 saturated carbocycles. The largest absolute Gasteiger partial charge is 0.423 e. The second-order valence-corrected chi connectivity index (χ2v) is 7.93. The van der Waals surface area contributed by atoms with Crippen LogP contribution < -0.4 is 15.0 Å². The van der Waals surface area contributed by atoms with Crippen LogP contribution in [0.4, 0.5) is 11.4 Å². The molecule has 156 valence electrons. The molecule has 0 unspecified atom stereocenters. The molecule has 0 radical (unpaired) electrons. The number of carbonyl (C=O) groups excluding carboxylic acids is 2. The van der Waals surface area contributed by atoms with Crippen LogP contribution in [-0.2, 0) is 16.0 Å². The van der Waals surface area contributed by atoms with Gasteiger partial charge in [-0.2, -0.15) is 0 Å². The molecule has 6 heteroatoms. The summed E-state index contributed by atoms with van der Waals surface area (Å²) in [4.78, 5) is 30.0. The van der Waals surface area contributed by atoms with E-state index >= 15 is 0 Å². The fraction of sp³-hybridized carbons (Fsp3) is 0.200. The van der Waals surface area contributed by atoms with Gasteiger partial charge in [-0.3, -0.25) is 4.79 Å². The van der Waals surface area contributed by atoms with Crippen molar-refractivity contribution in [2.75, 3.05) is 23.3 Å².